The van der Waals surface area contributed by atoms with E-state index in [-0.39, 0.29) is 5.92 Å². The summed E-state index contributed by atoms with van der Waals surface area (Å²) < 4.78 is 1.89. The number of fused-ring (bicyclic) bond motifs is 1. The van der Waals surface area contributed by atoms with Crippen molar-refractivity contribution in [2.45, 2.75) is 25.8 Å². The van der Waals surface area contributed by atoms with E-state index < -0.39 is 0 Å². The van der Waals surface area contributed by atoms with Gasteiger partial charge in [-0.05, 0) is 18.4 Å². The van der Waals surface area contributed by atoms with Gasteiger partial charge < -0.3 is 4.90 Å². The number of hydrogen-bond acceptors (Lipinski definition) is 4. The second-order valence-corrected chi connectivity index (χ2v) is 7.00. The maximum atomic E-state index is 12.8. The minimum absolute atomic E-state index is 0.0602. The van der Waals surface area contributed by atoms with Crippen LogP contribution in [-0.4, -0.2) is 63.2 Å². The Balaban J connectivity index is 1.25. The number of amides is 1. The van der Waals surface area contributed by atoms with Crippen LogP contribution in [0.4, 0.5) is 0 Å². The van der Waals surface area contributed by atoms with Gasteiger partial charge in [-0.3, -0.25) is 9.69 Å². The lowest BCUT2D eigenvalue weighted by Crippen LogP contribution is -2.51. The molecule has 1 unspecified atom stereocenters. The van der Waals surface area contributed by atoms with Crippen molar-refractivity contribution in [3.8, 4) is 0 Å². The topological polar surface area (TPSA) is 54.3 Å². The molecule has 6 nitrogen and oxygen atoms in total. The van der Waals surface area contributed by atoms with Gasteiger partial charge in [-0.1, -0.05) is 30.3 Å². The Labute approximate surface area is 148 Å². The molecule has 1 atom stereocenters. The molecule has 1 amide bonds. The van der Waals surface area contributed by atoms with Crippen molar-refractivity contribution in [2.24, 2.45) is 5.92 Å². The van der Waals surface area contributed by atoms with E-state index >= 15 is 0 Å². The van der Waals surface area contributed by atoms with Crippen molar-refractivity contribution in [3.63, 3.8) is 0 Å². The van der Waals surface area contributed by atoms with E-state index in [0.29, 0.717) is 12.5 Å². The molecule has 2 aliphatic rings. The zero-order valence-electron chi connectivity index (χ0n) is 14.5. The molecule has 3 heterocycles. The smallest absolute Gasteiger partial charge is 0.227 e. The van der Waals surface area contributed by atoms with Crippen LogP contribution in [0.3, 0.4) is 0 Å². The molecule has 4 rings (SSSR count). The normalized spacial score (nSPS) is 21.1. The van der Waals surface area contributed by atoms with Crippen LogP contribution in [0.25, 0.3) is 0 Å². The number of aromatic nitrogens is 3. The van der Waals surface area contributed by atoms with Crippen LogP contribution >= 0.6 is 0 Å². The van der Waals surface area contributed by atoms with E-state index in [9.17, 15) is 4.79 Å². The van der Waals surface area contributed by atoms with Crippen molar-refractivity contribution in [1.82, 2.24) is 24.6 Å². The molecular weight excluding hydrogens is 314 g/mol. The summed E-state index contributed by atoms with van der Waals surface area (Å²) in [4.78, 5) is 21.6. The molecule has 1 aromatic carbocycles. The molecule has 0 bridgehead atoms. The molecule has 0 spiro atoms. The Hall–Kier alpha value is -2.21. The van der Waals surface area contributed by atoms with Crippen molar-refractivity contribution in [2.75, 3.05) is 32.7 Å². The molecule has 2 aliphatic heterocycles. The van der Waals surface area contributed by atoms with Crippen LogP contribution in [0, 0.1) is 5.92 Å². The van der Waals surface area contributed by atoms with Gasteiger partial charge in [0.05, 0.1) is 12.5 Å². The number of hydrogen-bond donors (Lipinski definition) is 0. The largest absolute Gasteiger partial charge is 0.340 e. The second-order valence-electron chi connectivity index (χ2n) is 7.00. The van der Waals surface area contributed by atoms with Crippen LogP contribution in [0.2, 0.25) is 0 Å². The Morgan fingerprint density at radius 3 is 2.72 bits per heavy atom. The van der Waals surface area contributed by atoms with Gasteiger partial charge in [0.25, 0.3) is 0 Å². The summed E-state index contributed by atoms with van der Waals surface area (Å²) in [5.74, 6) is 1.36. The van der Waals surface area contributed by atoms with Gasteiger partial charge >= 0.3 is 0 Å². The summed E-state index contributed by atoms with van der Waals surface area (Å²) in [7, 11) is 0. The highest BCUT2D eigenvalue weighted by Gasteiger charge is 2.30. The van der Waals surface area contributed by atoms with Gasteiger partial charge in [0.15, 0.2) is 0 Å². The van der Waals surface area contributed by atoms with E-state index in [1.807, 2.05) is 9.58 Å². The van der Waals surface area contributed by atoms with Crippen molar-refractivity contribution >= 4 is 5.91 Å². The Kier molecular flexibility index (Phi) is 4.78. The van der Waals surface area contributed by atoms with E-state index in [1.165, 1.54) is 5.56 Å². The number of rotatable bonds is 4. The number of carbonyl (C=O) groups is 1. The number of nitrogens with zero attached hydrogens (tertiary/aromatic N) is 5. The maximum absolute atomic E-state index is 12.8. The van der Waals surface area contributed by atoms with Crippen LogP contribution in [-0.2, 0) is 24.2 Å². The first-order chi connectivity index (χ1) is 12.3. The molecule has 0 N–H and O–H groups in total. The molecule has 1 saturated heterocycles. The molecule has 0 radical (unpaired) electrons. The minimum Gasteiger partial charge on any atom is -0.340 e. The minimum atomic E-state index is 0.0602. The third kappa shape index (κ3) is 3.74. The zero-order valence-corrected chi connectivity index (χ0v) is 14.5. The van der Waals surface area contributed by atoms with Crippen LogP contribution in [0.15, 0.2) is 36.7 Å². The lowest BCUT2D eigenvalue weighted by atomic mass is 9.98. The van der Waals surface area contributed by atoms with E-state index in [0.717, 1.165) is 57.8 Å². The van der Waals surface area contributed by atoms with Crippen molar-refractivity contribution < 1.29 is 4.79 Å². The first-order valence-corrected chi connectivity index (χ1v) is 9.21. The molecule has 1 fully saturated rings. The molecule has 132 valence electrons. The molecule has 25 heavy (non-hydrogen) atoms. The lowest BCUT2D eigenvalue weighted by molar-refractivity contribution is -0.138. The van der Waals surface area contributed by atoms with Crippen LogP contribution < -0.4 is 0 Å². The zero-order chi connectivity index (χ0) is 17.1. The first kappa shape index (κ1) is 16.3. The van der Waals surface area contributed by atoms with Crippen LogP contribution in [0.1, 0.15) is 17.8 Å². The number of aryl methyl sites for hydroxylation is 1. The monoisotopic (exact) mass is 339 g/mol. The van der Waals surface area contributed by atoms with E-state index in [2.05, 4.69) is 45.3 Å². The predicted octanol–water partition coefficient (Wildman–Crippen LogP) is 1.23. The summed E-state index contributed by atoms with van der Waals surface area (Å²) in [6.07, 6.45) is 4.42. The predicted molar refractivity (Wildman–Crippen MR) is 95.0 cm³/mol. The summed E-state index contributed by atoms with van der Waals surface area (Å²) >= 11 is 0. The van der Waals surface area contributed by atoms with Crippen LogP contribution in [0.5, 0.6) is 0 Å². The van der Waals surface area contributed by atoms with Gasteiger partial charge in [-0.25, -0.2) is 9.67 Å². The third-order valence-corrected chi connectivity index (χ3v) is 5.40. The Bertz CT molecular complexity index is 706. The van der Waals surface area contributed by atoms with Crippen molar-refractivity contribution in [1.29, 1.82) is 0 Å². The molecule has 2 aromatic rings. The number of carbonyl (C=O) groups excluding carboxylic acids is 1. The van der Waals surface area contributed by atoms with Crippen molar-refractivity contribution in [3.05, 3.63) is 48.0 Å². The molecule has 6 heteroatoms. The standard InChI is InChI=1S/C19H25N5O/c25-19(17-6-7-18-20-15-21-24(18)14-17)23-12-10-22(11-13-23)9-8-16-4-2-1-3-5-16/h1-5,15,17H,6-14H2. The van der Waals surface area contributed by atoms with Gasteiger partial charge in [0.2, 0.25) is 5.91 Å². The average molecular weight is 339 g/mol. The highest BCUT2D eigenvalue weighted by molar-refractivity contribution is 5.79. The lowest BCUT2D eigenvalue weighted by Gasteiger charge is -2.37. The highest BCUT2D eigenvalue weighted by atomic mass is 16.2. The van der Waals surface area contributed by atoms with Gasteiger partial charge in [-0.2, -0.15) is 5.10 Å². The summed E-state index contributed by atoms with van der Waals surface area (Å²) in [6, 6.07) is 10.6. The maximum Gasteiger partial charge on any atom is 0.227 e. The summed E-state index contributed by atoms with van der Waals surface area (Å²) in [6.45, 7) is 5.38. The molecule has 1 aromatic heterocycles. The highest BCUT2D eigenvalue weighted by Crippen LogP contribution is 2.20. The first-order valence-electron chi connectivity index (χ1n) is 9.21. The average Bonchev–Trinajstić information content (AvgIpc) is 3.15. The fourth-order valence-corrected chi connectivity index (χ4v) is 3.82. The SMILES string of the molecule is O=C(C1CCc2ncnn2C1)N1CCN(CCc2ccccc2)CC1. The van der Waals surface area contributed by atoms with Gasteiger partial charge in [-0.15, -0.1) is 0 Å². The second kappa shape index (κ2) is 7.35. The fraction of sp³-hybridized carbons (Fsp3) is 0.526. The Morgan fingerprint density at radius 1 is 1.12 bits per heavy atom. The molecule has 0 aliphatic carbocycles. The van der Waals surface area contributed by atoms with Gasteiger partial charge in [0.1, 0.15) is 12.2 Å². The fourth-order valence-electron chi connectivity index (χ4n) is 3.82. The van der Waals surface area contributed by atoms with E-state index in [4.69, 9.17) is 0 Å². The summed E-state index contributed by atoms with van der Waals surface area (Å²) in [5.41, 5.74) is 1.38. The Morgan fingerprint density at radius 2 is 1.92 bits per heavy atom. The number of piperazine rings is 1. The van der Waals surface area contributed by atoms with Gasteiger partial charge in [0, 0.05) is 39.1 Å². The van der Waals surface area contributed by atoms with E-state index in [1.54, 1.807) is 6.33 Å². The third-order valence-electron chi connectivity index (χ3n) is 5.40. The quantitative estimate of drug-likeness (QED) is 0.841. The molecular formula is C19H25N5O. The molecule has 0 saturated carbocycles. The number of benzene rings is 1. The summed E-state index contributed by atoms with van der Waals surface area (Å²) in [5, 5.41) is 4.23.